The summed E-state index contributed by atoms with van der Waals surface area (Å²) in [6.45, 7) is 3.75. The molecule has 0 saturated heterocycles. The summed E-state index contributed by atoms with van der Waals surface area (Å²) in [6.07, 6.45) is 0.0111. The molecular weight excluding hydrogens is 310 g/mol. The predicted molar refractivity (Wildman–Crippen MR) is 85.7 cm³/mol. The zero-order valence-electron chi connectivity index (χ0n) is 13.4. The minimum atomic E-state index is -0.379. The number of amides is 2. The van der Waals surface area contributed by atoms with Gasteiger partial charge in [-0.1, -0.05) is 17.3 Å². The van der Waals surface area contributed by atoms with Crippen LogP contribution in [0.2, 0.25) is 0 Å². The number of aromatic nitrogens is 3. The number of carbonyl (C=O) groups excluding carboxylic acids is 2. The number of hydrogen-bond donors (Lipinski definition) is 2. The molecule has 0 radical (unpaired) electrons. The summed E-state index contributed by atoms with van der Waals surface area (Å²) in [4.78, 5) is 23.8. The SMILES string of the molecule is Cc1cc(C)n(CC(=O)NNC(=O)Cc2noc3ccccc23)n1. The lowest BCUT2D eigenvalue weighted by atomic mass is 10.2. The predicted octanol–water partition coefficient (Wildman–Crippen LogP) is 1.03. The van der Waals surface area contributed by atoms with Gasteiger partial charge in [0.15, 0.2) is 5.58 Å². The quantitative estimate of drug-likeness (QED) is 0.697. The Labute approximate surface area is 137 Å². The molecule has 3 rings (SSSR count). The van der Waals surface area contributed by atoms with E-state index in [4.69, 9.17) is 4.52 Å². The van der Waals surface area contributed by atoms with E-state index in [1.165, 1.54) is 0 Å². The first-order valence-electron chi connectivity index (χ1n) is 7.45. The second kappa shape index (κ2) is 6.53. The van der Waals surface area contributed by atoms with E-state index < -0.39 is 0 Å². The van der Waals surface area contributed by atoms with Crippen LogP contribution in [0.3, 0.4) is 0 Å². The van der Waals surface area contributed by atoms with E-state index in [0.717, 1.165) is 16.8 Å². The van der Waals surface area contributed by atoms with Crippen molar-refractivity contribution in [2.75, 3.05) is 0 Å². The second-order valence-corrected chi connectivity index (χ2v) is 5.48. The van der Waals surface area contributed by atoms with Crippen LogP contribution < -0.4 is 10.9 Å². The van der Waals surface area contributed by atoms with Crippen molar-refractivity contribution < 1.29 is 14.1 Å². The van der Waals surface area contributed by atoms with Crippen molar-refractivity contribution in [3.8, 4) is 0 Å². The molecule has 0 spiro atoms. The van der Waals surface area contributed by atoms with Crippen LogP contribution in [0.15, 0.2) is 34.9 Å². The lowest BCUT2D eigenvalue weighted by molar-refractivity contribution is -0.129. The van der Waals surface area contributed by atoms with Gasteiger partial charge in [-0.3, -0.25) is 25.1 Å². The van der Waals surface area contributed by atoms with Crippen LogP contribution in [0.1, 0.15) is 17.1 Å². The lowest BCUT2D eigenvalue weighted by Gasteiger charge is -2.07. The zero-order chi connectivity index (χ0) is 17.1. The molecule has 2 N–H and O–H groups in total. The van der Waals surface area contributed by atoms with E-state index in [2.05, 4.69) is 21.1 Å². The highest BCUT2D eigenvalue weighted by atomic mass is 16.5. The molecule has 0 saturated carbocycles. The van der Waals surface area contributed by atoms with E-state index in [1.54, 1.807) is 10.7 Å². The largest absolute Gasteiger partial charge is 0.356 e. The van der Waals surface area contributed by atoms with Crippen molar-refractivity contribution in [2.45, 2.75) is 26.8 Å². The Morgan fingerprint density at radius 2 is 1.92 bits per heavy atom. The van der Waals surface area contributed by atoms with Gasteiger partial charge < -0.3 is 4.52 Å². The fourth-order valence-electron chi connectivity index (χ4n) is 2.41. The number of carbonyl (C=O) groups is 2. The fraction of sp³-hybridized carbons (Fsp3) is 0.250. The summed E-state index contributed by atoms with van der Waals surface area (Å²) in [5, 5.41) is 8.85. The van der Waals surface area contributed by atoms with Gasteiger partial charge in [0.1, 0.15) is 12.2 Å². The molecule has 0 atom stereocenters. The summed E-state index contributed by atoms with van der Waals surface area (Å²) >= 11 is 0. The Hall–Kier alpha value is -3.16. The Bertz CT molecular complexity index is 896. The van der Waals surface area contributed by atoms with Gasteiger partial charge in [-0.05, 0) is 32.0 Å². The average molecular weight is 327 g/mol. The third-order valence-electron chi connectivity index (χ3n) is 3.52. The first-order chi connectivity index (χ1) is 11.5. The minimum absolute atomic E-state index is 0.0111. The highest BCUT2D eigenvalue weighted by Crippen LogP contribution is 2.17. The summed E-state index contributed by atoms with van der Waals surface area (Å²) in [7, 11) is 0. The van der Waals surface area contributed by atoms with Gasteiger partial charge in [0, 0.05) is 11.1 Å². The molecular formula is C16H17N5O3. The van der Waals surface area contributed by atoms with E-state index in [9.17, 15) is 9.59 Å². The van der Waals surface area contributed by atoms with Crippen LogP contribution in [-0.2, 0) is 22.6 Å². The number of rotatable bonds is 4. The molecule has 8 heteroatoms. The smallest absolute Gasteiger partial charge is 0.260 e. The maximum absolute atomic E-state index is 12.0. The van der Waals surface area contributed by atoms with Crippen LogP contribution in [0.5, 0.6) is 0 Å². The third kappa shape index (κ3) is 3.43. The zero-order valence-corrected chi connectivity index (χ0v) is 13.4. The maximum Gasteiger partial charge on any atom is 0.260 e. The van der Waals surface area contributed by atoms with Crippen LogP contribution in [0, 0.1) is 13.8 Å². The molecule has 0 aliphatic heterocycles. The van der Waals surface area contributed by atoms with E-state index in [1.807, 2.05) is 38.1 Å². The minimum Gasteiger partial charge on any atom is -0.356 e. The van der Waals surface area contributed by atoms with Gasteiger partial charge in [-0.2, -0.15) is 5.10 Å². The van der Waals surface area contributed by atoms with Crippen molar-refractivity contribution in [1.82, 2.24) is 25.8 Å². The molecule has 24 heavy (non-hydrogen) atoms. The van der Waals surface area contributed by atoms with Crippen molar-refractivity contribution in [2.24, 2.45) is 0 Å². The monoisotopic (exact) mass is 327 g/mol. The van der Waals surface area contributed by atoms with Gasteiger partial charge in [-0.15, -0.1) is 0 Å². The first-order valence-corrected chi connectivity index (χ1v) is 7.45. The molecule has 0 aliphatic rings. The van der Waals surface area contributed by atoms with Crippen LogP contribution in [0.25, 0.3) is 11.0 Å². The lowest BCUT2D eigenvalue weighted by Crippen LogP contribution is -2.44. The molecule has 0 bridgehead atoms. The fourth-order valence-corrected chi connectivity index (χ4v) is 2.41. The van der Waals surface area contributed by atoms with Gasteiger partial charge in [-0.25, -0.2) is 0 Å². The first kappa shape index (κ1) is 15.7. The van der Waals surface area contributed by atoms with Gasteiger partial charge in [0.2, 0.25) is 5.91 Å². The van der Waals surface area contributed by atoms with Crippen LogP contribution >= 0.6 is 0 Å². The third-order valence-corrected chi connectivity index (χ3v) is 3.52. The molecule has 124 valence electrons. The van der Waals surface area contributed by atoms with Crippen molar-refractivity contribution in [1.29, 1.82) is 0 Å². The molecule has 3 aromatic rings. The Balaban J connectivity index is 1.54. The van der Waals surface area contributed by atoms with Gasteiger partial charge in [0.25, 0.3) is 5.91 Å². The van der Waals surface area contributed by atoms with E-state index in [-0.39, 0.29) is 24.8 Å². The van der Waals surface area contributed by atoms with Crippen molar-refractivity contribution >= 4 is 22.8 Å². The molecule has 2 heterocycles. The van der Waals surface area contributed by atoms with Crippen molar-refractivity contribution in [3.63, 3.8) is 0 Å². The Morgan fingerprint density at radius 3 is 2.67 bits per heavy atom. The van der Waals surface area contributed by atoms with Crippen LogP contribution in [0.4, 0.5) is 0 Å². The second-order valence-electron chi connectivity index (χ2n) is 5.48. The molecule has 8 nitrogen and oxygen atoms in total. The molecule has 0 unspecified atom stereocenters. The standard InChI is InChI=1S/C16H17N5O3/c1-10-7-11(2)21(19-10)9-16(23)18-17-15(22)8-13-12-5-3-4-6-14(12)24-20-13/h3-7H,8-9H2,1-2H3,(H,17,22)(H,18,23). The van der Waals surface area contributed by atoms with Gasteiger partial charge >= 0.3 is 0 Å². The van der Waals surface area contributed by atoms with Crippen molar-refractivity contribution in [3.05, 3.63) is 47.4 Å². The highest BCUT2D eigenvalue weighted by molar-refractivity contribution is 5.87. The number of benzene rings is 1. The number of hydrogen-bond acceptors (Lipinski definition) is 5. The number of aryl methyl sites for hydroxylation is 2. The maximum atomic E-state index is 12.0. The van der Waals surface area contributed by atoms with E-state index >= 15 is 0 Å². The number of fused-ring (bicyclic) bond motifs is 1. The van der Waals surface area contributed by atoms with Crippen LogP contribution in [-0.4, -0.2) is 26.8 Å². The summed E-state index contributed by atoms with van der Waals surface area (Å²) < 4.78 is 6.71. The molecule has 2 aromatic heterocycles. The number of nitrogens with one attached hydrogen (secondary N) is 2. The average Bonchev–Trinajstić information content (AvgIpc) is 3.09. The summed E-state index contributed by atoms with van der Waals surface area (Å²) in [5.41, 5.74) is 7.60. The van der Waals surface area contributed by atoms with Gasteiger partial charge in [0.05, 0.1) is 12.1 Å². The Morgan fingerprint density at radius 1 is 1.17 bits per heavy atom. The van der Waals surface area contributed by atoms with E-state index in [0.29, 0.717) is 11.3 Å². The number of hydrazine groups is 1. The number of nitrogens with zero attached hydrogens (tertiary/aromatic N) is 3. The molecule has 0 aliphatic carbocycles. The number of para-hydroxylation sites is 1. The molecule has 2 amide bonds. The summed E-state index contributed by atoms with van der Waals surface area (Å²) in [5.74, 6) is -0.740. The highest BCUT2D eigenvalue weighted by Gasteiger charge is 2.13. The summed E-state index contributed by atoms with van der Waals surface area (Å²) in [6, 6.07) is 9.16. The Kier molecular flexibility index (Phi) is 4.28. The molecule has 1 aromatic carbocycles. The normalized spacial score (nSPS) is 10.8. The topological polar surface area (TPSA) is 102 Å². The molecule has 0 fully saturated rings.